The number of hydrogen-bond donors (Lipinski definition) is 5. The van der Waals surface area contributed by atoms with Crippen LogP contribution in [0.2, 0.25) is 0 Å². The first-order valence-corrected chi connectivity index (χ1v) is 28.8. The molecule has 2 aliphatic rings. The summed E-state index contributed by atoms with van der Waals surface area (Å²) in [5, 5.41) is 20.9. The number of allylic oxidation sites excluding steroid dienone is 7. The molecule has 71 heavy (non-hydrogen) atoms. The smallest absolute Gasteiger partial charge is 0.462 e. The summed E-state index contributed by atoms with van der Waals surface area (Å²) in [6, 6.07) is 1.24. The highest BCUT2D eigenvalue weighted by Gasteiger charge is 2.46. The maximum Gasteiger partial charge on any atom is 0.481 e. The molecule has 1 aromatic rings. The van der Waals surface area contributed by atoms with Crippen molar-refractivity contribution in [1.82, 2.24) is 9.55 Å². The van der Waals surface area contributed by atoms with Crippen molar-refractivity contribution in [2.75, 3.05) is 25.6 Å². The summed E-state index contributed by atoms with van der Waals surface area (Å²) in [4.78, 5) is 61.9. The van der Waals surface area contributed by atoms with Crippen molar-refractivity contribution >= 4 is 33.4 Å². The van der Waals surface area contributed by atoms with Crippen LogP contribution in [0.4, 0.5) is 5.82 Å². The summed E-state index contributed by atoms with van der Waals surface area (Å²) in [5.41, 5.74) is 4.58. The molecule has 1 aromatic heterocycles. The lowest BCUT2D eigenvalue weighted by Gasteiger charge is -2.21. The minimum Gasteiger partial charge on any atom is -0.462 e. The topological polar surface area (TPSA) is 278 Å². The first kappa shape index (κ1) is 62.0. The first-order valence-electron chi connectivity index (χ1n) is 25.8. The summed E-state index contributed by atoms with van der Waals surface area (Å²) >= 11 is 0. The molecule has 9 atom stereocenters. The minimum absolute atomic E-state index is 0.0312. The lowest BCUT2D eigenvalue weighted by atomic mass is 10.1. The SMILES string of the molecule is CCCCCC/C=C\CCCCCCCCCC(=O)OC[C@H](COP(=O)(O)OP(=O)(O)OC[C@H]1O[C@@H](n2ccc(N)nc2=O)[C@H](O)[C@@H]1O)OC(=O)CCC/C=C\C/C=C\C/C=C\CC1OC1CCCCC. The van der Waals surface area contributed by atoms with Gasteiger partial charge in [0.05, 0.1) is 25.4 Å². The van der Waals surface area contributed by atoms with Crippen LogP contribution in [-0.4, -0.2) is 97.9 Å². The third-order valence-electron chi connectivity index (χ3n) is 11.8. The number of rotatable bonds is 41. The molecule has 3 rings (SSSR count). The molecule has 6 N–H and O–H groups in total. The molecular formula is C50H83N3O16P2. The predicted molar refractivity (Wildman–Crippen MR) is 270 cm³/mol. The molecule has 0 saturated carbocycles. The van der Waals surface area contributed by atoms with Crippen LogP contribution in [-0.2, 0) is 51.0 Å². The van der Waals surface area contributed by atoms with Gasteiger partial charge in [0, 0.05) is 19.0 Å². The number of epoxide rings is 1. The molecule has 19 nitrogen and oxygen atoms in total. The van der Waals surface area contributed by atoms with Gasteiger partial charge in [0.1, 0.15) is 30.7 Å². The van der Waals surface area contributed by atoms with E-state index in [1.165, 1.54) is 51.0 Å². The summed E-state index contributed by atoms with van der Waals surface area (Å²) in [6.45, 7) is 2.05. The fourth-order valence-corrected chi connectivity index (χ4v) is 9.80. The standard InChI is InChI=1S/C50H83N3O16P2/c1-3-5-7-8-9-10-11-12-13-14-15-19-22-25-29-33-45(54)63-37-40(66-46(55)34-30-26-23-20-17-16-18-21-24-28-32-42-41(67-42)31-27-6-4-2)38-64-70(59,60)69-71(61,62)65-39-43-47(56)48(57)49(68-43)53-36-35-44(51)52-50(53)58/h10-11,16,18,20,23-24,28,35-36,40-43,47-49,56-57H,3-9,12-15,17,19,21-22,25-27,29-34,37-39H2,1-2H3,(H,59,60)(H,61,62)(H2,51,52,58)/b11-10-,18-16-,23-20-,28-24-/t40-,41?,42?,43-,47-,48-,49-/m1/s1. The van der Waals surface area contributed by atoms with Crippen LogP contribution in [0, 0.1) is 0 Å². The number of nitrogens with zero attached hydrogens (tertiary/aromatic N) is 2. The molecule has 404 valence electrons. The number of nitrogen functional groups attached to an aromatic ring is 1. The Morgan fingerprint density at radius 3 is 1.97 bits per heavy atom. The zero-order valence-corrected chi connectivity index (χ0v) is 43.7. The van der Waals surface area contributed by atoms with Crippen molar-refractivity contribution in [3.05, 3.63) is 71.4 Å². The van der Waals surface area contributed by atoms with Crippen molar-refractivity contribution in [2.45, 2.75) is 211 Å². The molecule has 4 unspecified atom stereocenters. The minimum atomic E-state index is -5.44. The number of esters is 2. The molecular weight excluding hydrogens is 961 g/mol. The lowest BCUT2D eigenvalue weighted by molar-refractivity contribution is -0.161. The van der Waals surface area contributed by atoms with Gasteiger partial charge in [0.15, 0.2) is 12.3 Å². The molecule has 3 heterocycles. The third-order valence-corrected chi connectivity index (χ3v) is 14.4. The quantitative estimate of drug-likeness (QED) is 0.0134. The first-order chi connectivity index (χ1) is 34.1. The maximum atomic E-state index is 12.9. The number of anilines is 1. The van der Waals surface area contributed by atoms with Crippen LogP contribution in [0.15, 0.2) is 65.7 Å². The highest BCUT2D eigenvalue weighted by molar-refractivity contribution is 7.61. The fraction of sp³-hybridized carbons (Fsp3) is 0.720. The number of aliphatic hydroxyl groups excluding tert-OH is 2. The number of ether oxygens (including phenoxy) is 4. The Balaban J connectivity index is 1.41. The number of hydrogen-bond acceptors (Lipinski definition) is 16. The number of carbonyl (C=O) groups is 2. The predicted octanol–water partition coefficient (Wildman–Crippen LogP) is 9.54. The van der Waals surface area contributed by atoms with Crippen molar-refractivity contribution < 1.29 is 71.0 Å². The van der Waals surface area contributed by atoms with Gasteiger partial charge < -0.3 is 44.7 Å². The third kappa shape index (κ3) is 28.1. The van der Waals surface area contributed by atoms with Gasteiger partial charge in [0.25, 0.3) is 0 Å². The van der Waals surface area contributed by atoms with E-state index in [1.807, 2.05) is 12.2 Å². The fourth-order valence-electron chi connectivity index (χ4n) is 7.69. The Hall–Kier alpha value is -3.32. The molecule has 2 saturated heterocycles. The van der Waals surface area contributed by atoms with Crippen LogP contribution in [0.1, 0.15) is 174 Å². The van der Waals surface area contributed by atoms with E-state index in [9.17, 15) is 43.5 Å². The second-order valence-electron chi connectivity index (χ2n) is 18.1. The molecule has 2 fully saturated rings. The number of unbranched alkanes of at least 4 members (excludes halogenated alkanes) is 14. The van der Waals surface area contributed by atoms with E-state index in [0.29, 0.717) is 31.5 Å². The summed E-state index contributed by atoms with van der Waals surface area (Å²) in [5.74, 6) is -1.37. The number of phosphoric ester groups is 2. The largest absolute Gasteiger partial charge is 0.481 e. The van der Waals surface area contributed by atoms with Crippen LogP contribution in [0.25, 0.3) is 0 Å². The van der Waals surface area contributed by atoms with Gasteiger partial charge in [-0.25, -0.2) is 13.9 Å². The lowest BCUT2D eigenvalue weighted by Crippen LogP contribution is -2.36. The highest BCUT2D eigenvalue weighted by Crippen LogP contribution is 2.60. The zero-order valence-electron chi connectivity index (χ0n) is 42.0. The molecule has 0 aromatic carbocycles. The van der Waals surface area contributed by atoms with Gasteiger partial charge in [-0.1, -0.05) is 133 Å². The van der Waals surface area contributed by atoms with Crippen LogP contribution < -0.4 is 11.4 Å². The van der Waals surface area contributed by atoms with Crippen molar-refractivity contribution in [1.29, 1.82) is 0 Å². The Morgan fingerprint density at radius 2 is 1.28 bits per heavy atom. The van der Waals surface area contributed by atoms with E-state index in [4.69, 9.17) is 33.7 Å². The molecule has 21 heteroatoms. The number of aromatic nitrogens is 2. The monoisotopic (exact) mass is 1040 g/mol. The second-order valence-corrected chi connectivity index (χ2v) is 21.1. The van der Waals surface area contributed by atoms with E-state index < -0.39 is 83.7 Å². The number of nitrogens with two attached hydrogens (primary N) is 1. The Labute approximate surface area is 420 Å². The average Bonchev–Trinajstić information content (AvgIpc) is 4.02. The van der Waals surface area contributed by atoms with Crippen LogP contribution in [0.3, 0.4) is 0 Å². The molecule has 0 amide bonds. The van der Waals surface area contributed by atoms with E-state index >= 15 is 0 Å². The van der Waals surface area contributed by atoms with E-state index in [1.54, 1.807) is 0 Å². The average molecular weight is 1040 g/mol. The van der Waals surface area contributed by atoms with Crippen LogP contribution >= 0.6 is 15.6 Å². The normalized spacial score (nSPS) is 22.4. The van der Waals surface area contributed by atoms with E-state index in [2.05, 4.69) is 59.6 Å². The number of phosphoric acid groups is 2. The Morgan fingerprint density at radius 1 is 0.704 bits per heavy atom. The maximum absolute atomic E-state index is 12.9. The molecule has 0 bridgehead atoms. The Kier molecular flexibility index (Phi) is 31.2. The number of aliphatic hydroxyl groups is 2. The molecule has 2 aliphatic heterocycles. The molecule has 0 aliphatic carbocycles. The highest BCUT2D eigenvalue weighted by atomic mass is 31.3. The van der Waals surface area contributed by atoms with Gasteiger partial charge in [-0.15, -0.1) is 0 Å². The van der Waals surface area contributed by atoms with E-state index in [-0.39, 0.29) is 18.7 Å². The van der Waals surface area contributed by atoms with Gasteiger partial charge >= 0.3 is 33.3 Å². The van der Waals surface area contributed by atoms with Crippen molar-refractivity contribution in [3.63, 3.8) is 0 Å². The summed E-state index contributed by atoms with van der Waals surface area (Å²) < 4.78 is 62.5. The van der Waals surface area contributed by atoms with Crippen molar-refractivity contribution in [3.8, 4) is 0 Å². The second kappa shape index (κ2) is 35.8. The Bertz CT molecular complexity index is 1950. The van der Waals surface area contributed by atoms with Crippen molar-refractivity contribution in [2.24, 2.45) is 0 Å². The summed E-state index contributed by atoms with van der Waals surface area (Å²) in [7, 11) is -10.9. The van der Waals surface area contributed by atoms with Gasteiger partial charge in [0.2, 0.25) is 0 Å². The van der Waals surface area contributed by atoms with E-state index in [0.717, 1.165) is 87.8 Å². The zero-order chi connectivity index (χ0) is 51.7. The molecule has 0 spiro atoms. The van der Waals surface area contributed by atoms with Crippen LogP contribution in [0.5, 0.6) is 0 Å². The molecule has 0 radical (unpaired) electrons. The number of carbonyl (C=O) groups excluding carboxylic acids is 2. The van der Waals surface area contributed by atoms with Gasteiger partial charge in [-0.3, -0.25) is 23.2 Å². The van der Waals surface area contributed by atoms with Gasteiger partial charge in [-0.05, 0) is 76.7 Å². The van der Waals surface area contributed by atoms with Gasteiger partial charge in [-0.2, -0.15) is 9.29 Å². The summed E-state index contributed by atoms with van der Waals surface area (Å²) in [6.07, 6.45) is 33.7.